The molecule has 1 heterocycles. The number of benzene rings is 2. The highest BCUT2D eigenvalue weighted by Gasteiger charge is 2.28. The van der Waals surface area contributed by atoms with Gasteiger partial charge in [0.25, 0.3) is 5.91 Å². The van der Waals surface area contributed by atoms with Crippen LogP contribution >= 0.6 is 0 Å². The third-order valence-corrected chi connectivity index (χ3v) is 5.36. The highest BCUT2D eigenvalue weighted by molar-refractivity contribution is 7.90. The van der Waals surface area contributed by atoms with Crippen molar-refractivity contribution in [1.29, 1.82) is 0 Å². The summed E-state index contributed by atoms with van der Waals surface area (Å²) in [6, 6.07) is 13.5. The third-order valence-electron chi connectivity index (χ3n) is 4.24. The Kier molecular flexibility index (Phi) is 5.18. The fraction of sp³-hybridized carbons (Fsp3) is 0.316. The standard InChI is InChI=1S/C19H21NO5S/c1-3-15(13-8-10-14(11-9-13)26(2,22)23)20-19(21)18-12-24-16-6-4-5-7-17(16)25-18/h4-11,15,18H,3,12H2,1-2H3,(H,20,21)/t15-,18-/m0/s1. The van der Waals surface area contributed by atoms with Gasteiger partial charge in [0.05, 0.1) is 10.9 Å². The molecule has 1 aliphatic rings. The van der Waals surface area contributed by atoms with Gasteiger partial charge in [0.2, 0.25) is 6.10 Å². The maximum Gasteiger partial charge on any atom is 0.265 e. The van der Waals surface area contributed by atoms with E-state index >= 15 is 0 Å². The number of para-hydroxylation sites is 2. The van der Waals surface area contributed by atoms with E-state index < -0.39 is 15.9 Å². The molecule has 1 aliphatic heterocycles. The van der Waals surface area contributed by atoms with Crippen LogP contribution in [-0.2, 0) is 14.6 Å². The molecule has 3 rings (SSSR count). The number of nitrogens with one attached hydrogen (secondary N) is 1. The Morgan fingerprint density at radius 1 is 1.15 bits per heavy atom. The normalized spacial score (nSPS) is 17.4. The minimum Gasteiger partial charge on any atom is -0.485 e. The molecular formula is C19H21NO5S. The summed E-state index contributed by atoms with van der Waals surface area (Å²) in [5, 5.41) is 2.95. The number of fused-ring (bicyclic) bond motifs is 1. The topological polar surface area (TPSA) is 81.7 Å². The second-order valence-electron chi connectivity index (χ2n) is 6.17. The van der Waals surface area contributed by atoms with Gasteiger partial charge in [-0.1, -0.05) is 31.2 Å². The molecule has 2 atom stereocenters. The SMILES string of the molecule is CC[C@H](NC(=O)[C@@H]1COc2ccccc2O1)c1ccc(S(C)(=O)=O)cc1. The Morgan fingerprint density at radius 3 is 2.42 bits per heavy atom. The van der Waals surface area contributed by atoms with E-state index in [0.717, 1.165) is 5.56 Å². The minimum absolute atomic E-state index is 0.145. The van der Waals surface area contributed by atoms with Crippen molar-refractivity contribution >= 4 is 15.7 Å². The van der Waals surface area contributed by atoms with Crippen LogP contribution in [0.5, 0.6) is 11.5 Å². The molecule has 2 aromatic rings. The Hall–Kier alpha value is -2.54. The number of carbonyl (C=O) groups is 1. The molecule has 0 spiro atoms. The second kappa shape index (κ2) is 7.37. The molecule has 0 bridgehead atoms. The Balaban J connectivity index is 1.69. The quantitative estimate of drug-likeness (QED) is 0.868. The largest absolute Gasteiger partial charge is 0.485 e. The van der Waals surface area contributed by atoms with Gasteiger partial charge in [0, 0.05) is 6.26 Å². The second-order valence-corrected chi connectivity index (χ2v) is 8.19. The fourth-order valence-electron chi connectivity index (χ4n) is 2.78. The molecular weight excluding hydrogens is 354 g/mol. The van der Waals surface area contributed by atoms with Crippen LogP contribution in [-0.4, -0.2) is 33.3 Å². The Labute approximate surface area is 153 Å². The Bertz CT molecular complexity index is 892. The first kappa shape index (κ1) is 18.3. The summed E-state index contributed by atoms with van der Waals surface area (Å²) in [5.41, 5.74) is 0.838. The molecule has 0 radical (unpaired) electrons. The van der Waals surface area contributed by atoms with Crippen molar-refractivity contribution in [1.82, 2.24) is 5.32 Å². The van der Waals surface area contributed by atoms with Gasteiger partial charge in [-0.2, -0.15) is 0 Å². The molecule has 0 saturated heterocycles. The van der Waals surface area contributed by atoms with Gasteiger partial charge in [0.15, 0.2) is 21.3 Å². The van der Waals surface area contributed by atoms with Crippen LogP contribution in [0.1, 0.15) is 24.9 Å². The van der Waals surface area contributed by atoms with Crippen molar-refractivity contribution in [3.05, 3.63) is 54.1 Å². The molecule has 0 unspecified atom stereocenters. The van der Waals surface area contributed by atoms with Gasteiger partial charge in [-0.15, -0.1) is 0 Å². The lowest BCUT2D eigenvalue weighted by molar-refractivity contribution is -0.131. The number of hydrogen-bond acceptors (Lipinski definition) is 5. The molecule has 7 heteroatoms. The van der Waals surface area contributed by atoms with E-state index in [1.807, 2.05) is 19.1 Å². The van der Waals surface area contributed by atoms with Crippen molar-refractivity contribution in [3.63, 3.8) is 0 Å². The zero-order chi connectivity index (χ0) is 18.7. The van der Waals surface area contributed by atoms with E-state index in [9.17, 15) is 13.2 Å². The van der Waals surface area contributed by atoms with Crippen molar-refractivity contribution in [2.45, 2.75) is 30.4 Å². The summed E-state index contributed by atoms with van der Waals surface area (Å²) < 4.78 is 34.4. The van der Waals surface area contributed by atoms with E-state index in [1.54, 1.807) is 36.4 Å². The molecule has 1 amide bonds. The number of hydrogen-bond donors (Lipinski definition) is 1. The van der Waals surface area contributed by atoms with Crippen molar-refractivity contribution in [2.24, 2.45) is 0 Å². The van der Waals surface area contributed by atoms with Crippen LogP contribution in [0, 0.1) is 0 Å². The van der Waals surface area contributed by atoms with Crippen LogP contribution in [0.4, 0.5) is 0 Å². The smallest absolute Gasteiger partial charge is 0.265 e. The number of amides is 1. The highest BCUT2D eigenvalue weighted by Crippen LogP contribution is 2.31. The number of carbonyl (C=O) groups excluding carboxylic acids is 1. The first-order valence-corrected chi connectivity index (χ1v) is 10.3. The van der Waals surface area contributed by atoms with Crippen molar-refractivity contribution in [3.8, 4) is 11.5 Å². The number of rotatable bonds is 5. The summed E-state index contributed by atoms with van der Waals surface area (Å²) >= 11 is 0. The lowest BCUT2D eigenvalue weighted by Crippen LogP contribution is -2.45. The van der Waals surface area contributed by atoms with E-state index in [-0.39, 0.29) is 23.5 Å². The molecule has 0 aliphatic carbocycles. The number of ether oxygens (including phenoxy) is 2. The molecule has 0 aromatic heterocycles. The monoisotopic (exact) mass is 375 g/mol. The molecule has 1 N–H and O–H groups in total. The first-order chi connectivity index (χ1) is 12.4. The van der Waals surface area contributed by atoms with Crippen LogP contribution in [0.15, 0.2) is 53.4 Å². The van der Waals surface area contributed by atoms with Crippen LogP contribution in [0.3, 0.4) is 0 Å². The predicted molar refractivity (Wildman–Crippen MR) is 97.1 cm³/mol. The zero-order valence-electron chi connectivity index (χ0n) is 14.6. The lowest BCUT2D eigenvalue weighted by Gasteiger charge is -2.27. The fourth-order valence-corrected chi connectivity index (χ4v) is 3.41. The summed E-state index contributed by atoms with van der Waals surface area (Å²) in [5.74, 6) is 0.906. The molecule has 2 aromatic carbocycles. The van der Waals surface area contributed by atoms with E-state index in [4.69, 9.17) is 9.47 Å². The summed E-state index contributed by atoms with van der Waals surface area (Å²) in [6.07, 6.45) is 1.10. The maximum absolute atomic E-state index is 12.6. The van der Waals surface area contributed by atoms with E-state index in [0.29, 0.717) is 17.9 Å². The molecule has 0 saturated carbocycles. The maximum atomic E-state index is 12.6. The van der Waals surface area contributed by atoms with Crippen LogP contribution in [0.2, 0.25) is 0 Å². The molecule has 6 nitrogen and oxygen atoms in total. The van der Waals surface area contributed by atoms with Gasteiger partial charge in [-0.3, -0.25) is 4.79 Å². The van der Waals surface area contributed by atoms with Gasteiger partial charge in [0.1, 0.15) is 6.61 Å². The van der Waals surface area contributed by atoms with Gasteiger partial charge in [-0.05, 0) is 36.2 Å². The summed E-state index contributed by atoms with van der Waals surface area (Å²) in [7, 11) is -3.24. The summed E-state index contributed by atoms with van der Waals surface area (Å²) in [6.45, 7) is 2.09. The van der Waals surface area contributed by atoms with Gasteiger partial charge < -0.3 is 14.8 Å². The summed E-state index contributed by atoms with van der Waals surface area (Å²) in [4.78, 5) is 12.8. The van der Waals surface area contributed by atoms with Crippen LogP contribution in [0.25, 0.3) is 0 Å². The van der Waals surface area contributed by atoms with Gasteiger partial charge in [-0.25, -0.2) is 8.42 Å². The molecule has 0 fully saturated rings. The average molecular weight is 375 g/mol. The van der Waals surface area contributed by atoms with Crippen molar-refractivity contribution < 1.29 is 22.7 Å². The minimum atomic E-state index is -3.24. The first-order valence-electron chi connectivity index (χ1n) is 8.37. The molecule has 26 heavy (non-hydrogen) atoms. The van der Waals surface area contributed by atoms with Crippen LogP contribution < -0.4 is 14.8 Å². The average Bonchev–Trinajstić information content (AvgIpc) is 2.65. The number of sulfone groups is 1. The predicted octanol–water partition coefficient (Wildman–Crippen LogP) is 2.50. The zero-order valence-corrected chi connectivity index (χ0v) is 15.5. The van der Waals surface area contributed by atoms with Gasteiger partial charge >= 0.3 is 0 Å². The highest BCUT2D eigenvalue weighted by atomic mass is 32.2. The third kappa shape index (κ3) is 3.99. The van der Waals surface area contributed by atoms with E-state index in [2.05, 4.69) is 5.32 Å². The van der Waals surface area contributed by atoms with E-state index in [1.165, 1.54) is 6.26 Å². The van der Waals surface area contributed by atoms with Crippen molar-refractivity contribution in [2.75, 3.05) is 12.9 Å². The Morgan fingerprint density at radius 2 is 1.81 bits per heavy atom. The lowest BCUT2D eigenvalue weighted by atomic mass is 10.0. The molecule has 138 valence electrons.